The molecule has 0 bridgehead atoms. The lowest BCUT2D eigenvalue weighted by Crippen LogP contribution is -2.68. The number of piperazine rings is 1. The third-order valence-electron chi connectivity index (χ3n) is 10.9. The number of aryl methyl sites for hydroxylation is 1. The number of ether oxygens (including phenoxy) is 1. The molecule has 7 heterocycles. The highest BCUT2D eigenvalue weighted by Gasteiger charge is 2.50. The fourth-order valence-corrected chi connectivity index (χ4v) is 8.13. The highest BCUT2D eigenvalue weighted by atomic mass is 19.4. The molecule has 0 N–H and O–H groups in total. The van der Waals surface area contributed by atoms with Crippen molar-refractivity contribution in [3.63, 3.8) is 0 Å². The molecular weight excluding hydrogens is 597 g/mol. The van der Waals surface area contributed by atoms with Gasteiger partial charge in [-0.05, 0) is 57.2 Å². The van der Waals surface area contributed by atoms with Gasteiger partial charge in [0.25, 0.3) is 0 Å². The molecule has 5 saturated heterocycles. The molecule has 0 aromatic carbocycles. The number of anilines is 3. The fourth-order valence-electron chi connectivity index (χ4n) is 8.13. The minimum atomic E-state index is -4.66. The molecule has 0 aliphatic carbocycles. The molecule has 1 amide bonds. The van der Waals surface area contributed by atoms with Crippen LogP contribution in [0.15, 0.2) is 31.0 Å². The summed E-state index contributed by atoms with van der Waals surface area (Å²) in [6.07, 6.45) is 0.152. The molecule has 2 aromatic rings. The van der Waals surface area contributed by atoms with Crippen LogP contribution in [0.5, 0.6) is 0 Å². The van der Waals surface area contributed by atoms with Crippen molar-refractivity contribution >= 4 is 23.4 Å². The van der Waals surface area contributed by atoms with E-state index < -0.39 is 12.0 Å². The number of alkyl halides is 3. The minimum absolute atomic E-state index is 0.0195. The summed E-state index contributed by atoms with van der Waals surface area (Å²) in [4.78, 5) is 35.3. The van der Waals surface area contributed by atoms with Gasteiger partial charge in [-0.2, -0.15) is 13.2 Å². The van der Waals surface area contributed by atoms with E-state index in [1.165, 1.54) is 17.2 Å². The zero-order chi connectivity index (χ0) is 32.4. The molecular formula is C33H43F3N8O2. The van der Waals surface area contributed by atoms with Gasteiger partial charge < -0.3 is 24.3 Å². The molecule has 0 radical (unpaired) electrons. The molecule has 10 nitrogen and oxygen atoms in total. The summed E-state index contributed by atoms with van der Waals surface area (Å²) in [5.41, 5.74) is 2.74. The van der Waals surface area contributed by atoms with Gasteiger partial charge in [0, 0.05) is 88.3 Å². The molecule has 248 valence electrons. The minimum Gasteiger partial charge on any atom is -0.380 e. The van der Waals surface area contributed by atoms with Gasteiger partial charge in [0.1, 0.15) is 17.5 Å². The van der Waals surface area contributed by atoms with Crippen LogP contribution in [0.1, 0.15) is 49.6 Å². The van der Waals surface area contributed by atoms with Crippen LogP contribution in [0.3, 0.4) is 0 Å². The summed E-state index contributed by atoms with van der Waals surface area (Å²) in [5, 5.41) is 0. The lowest BCUT2D eigenvalue weighted by Gasteiger charge is -2.56. The Labute approximate surface area is 268 Å². The number of amides is 1. The van der Waals surface area contributed by atoms with Crippen LogP contribution in [-0.2, 0) is 15.7 Å². The average Bonchev–Trinajstić information content (AvgIpc) is 2.98. The molecule has 5 aliphatic rings. The van der Waals surface area contributed by atoms with Crippen molar-refractivity contribution < 1.29 is 22.7 Å². The maximum Gasteiger partial charge on any atom is 0.451 e. The van der Waals surface area contributed by atoms with E-state index in [2.05, 4.69) is 46.3 Å². The van der Waals surface area contributed by atoms with Gasteiger partial charge in [0.05, 0.1) is 18.6 Å². The van der Waals surface area contributed by atoms with E-state index in [0.29, 0.717) is 37.8 Å². The Morgan fingerprint density at radius 3 is 2.35 bits per heavy atom. The summed E-state index contributed by atoms with van der Waals surface area (Å²) in [7, 11) is 0. The SMILES string of the molecule is C=CC(=O)N1CCN(C2CN(c3cc(N4CCC(c5c(C)ccnc5N5CC6(COC6)C5)C[C@H]4C)nc(C(F)(F)F)n3)[C@@H]2C)CC1. The van der Waals surface area contributed by atoms with Gasteiger partial charge in [-0.25, -0.2) is 15.0 Å². The molecule has 5 aliphatic heterocycles. The van der Waals surface area contributed by atoms with E-state index >= 15 is 0 Å². The first-order chi connectivity index (χ1) is 22.0. The first-order valence-electron chi connectivity index (χ1n) is 16.4. The van der Waals surface area contributed by atoms with E-state index in [1.807, 2.05) is 22.9 Å². The Hall–Kier alpha value is -3.45. The van der Waals surface area contributed by atoms with Crippen molar-refractivity contribution in [3.8, 4) is 0 Å². The molecule has 13 heteroatoms. The van der Waals surface area contributed by atoms with Crippen LogP contribution in [0.25, 0.3) is 0 Å². The van der Waals surface area contributed by atoms with Gasteiger partial charge in [-0.1, -0.05) is 6.58 Å². The molecule has 2 aromatic heterocycles. The second kappa shape index (κ2) is 11.7. The van der Waals surface area contributed by atoms with Crippen LogP contribution in [0.2, 0.25) is 0 Å². The normalized spacial score (nSPS) is 28.0. The number of carbonyl (C=O) groups is 1. The second-order valence-corrected chi connectivity index (χ2v) is 13.9. The standard InChI is InChI=1S/C33H43F3N8O2/c1-5-28(45)41-12-10-40(11-13-41)25-16-44(23(25)4)27-15-26(38-31(39-27)33(34,35)36)43-9-7-24(14-22(43)3)29-21(2)6-8-37-30(29)42-17-32(18-42)19-46-20-32/h5-6,8,15,22-25H,1,7,9-14,16-20H2,2-4H3/t22-,23-,24?,25?/m1/s1. The highest BCUT2D eigenvalue weighted by Crippen LogP contribution is 2.45. The van der Waals surface area contributed by atoms with Crippen LogP contribution in [0, 0.1) is 12.3 Å². The van der Waals surface area contributed by atoms with Crippen LogP contribution < -0.4 is 14.7 Å². The number of rotatable bonds is 6. The Bertz CT molecular complexity index is 1480. The van der Waals surface area contributed by atoms with Crippen LogP contribution in [0.4, 0.5) is 30.6 Å². The Morgan fingerprint density at radius 1 is 1.07 bits per heavy atom. The van der Waals surface area contributed by atoms with Gasteiger partial charge in [-0.3, -0.25) is 9.69 Å². The third kappa shape index (κ3) is 5.48. The van der Waals surface area contributed by atoms with Crippen LogP contribution >= 0.6 is 0 Å². The van der Waals surface area contributed by atoms with E-state index in [1.54, 1.807) is 11.0 Å². The molecule has 2 unspecified atom stereocenters. The maximum atomic E-state index is 14.1. The van der Waals surface area contributed by atoms with Crippen molar-refractivity contribution in [2.24, 2.45) is 5.41 Å². The van der Waals surface area contributed by atoms with Crippen molar-refractivity contribution in [1.29, 1.82) is 0 Å². The topological polar surface area (TPSA) is 81.2 Å². The predicted octanol–water partition coefficient (Wildman–Crippen LogP) is 3.72. The first kappa shape index (κ1) is 31.2. The number of hydrogen-bond donors (Lipinski definition) is 0. The molecule has 5 fully saturated rings. The third-order valence-corrected chi connectivity index (χ3v) is 10.9. The van der Waals surface area contributed by atoms with Gasteiger partial charge >= 0.3 is 6.18 Å². The zero-order valence-corrected chi connectivity index (χ0v) is 26.8. The summed E-state index contributed by atoms with van der Waals surface area (Å²) in [6.45, 7) is 17.2. The van der Waals surface area contributed by atoms with E-state index in [0.717, 1.165) is 58.1 Å². The number of carbonyl (C=O) groups excluding carboxylic acids is 1. The van der Waals surface area contributed by atoms with E-state index in [4.69, 9.17) is 9.72 Å². The number of halogens is 3. The lowest BCUT2D eigenvalue weighted by molar-refractivity contribution is -0.144. The van der Waals surface area contributed by atoms with E-state index in [9.17, 15) is 18.0 Å². The average molecular weight is 641 g/mol. The van der Waals surface area contributed by atoms with Crippen LogP contribution in [-0.4, -0.2) is 114 Å². The number of hydrogen-bond acceptors (Lipinski definition) is 9. The molecule has 0 saturated carbocycles. The maximum absolute atomic E-state index is 14.1. The van der Waals surface area contributed by atoms with Crippen molar-refractivity contribution in [3.05, 3.63) is 47.9 Å². The predicted molar refractivity (Wildman–Crippen MR) is 169 cm³/mol. The number of aromatic nitrogens is 3. The number of piperidine rings is 1. The monoisotopic (exact) mass is 640 g/mol. The smallest absolute Gasteiger partial charge is 0.380 e. The zero-order valence-electron chi connectivity index (χ0n) is 26.8. The van der Waals surface area contributed by atoms with Gasteiger partial charge in [0.2, 0.25) is 11.7 Å². The Balaban J connectivity index is 1.06. The molecule has 46 heavy (non-hydrogen) atoms. The van der Waals surface area contributed by atoms with Crippen molar-refractivity contribution in [2.45, 2.75) is 63.8 Å². The number of pyridine rings is 1. The lowest BCUT2D eigenvalue weighted by atomic mass is 9.77. The Kier molecular flexibility index (Phi) is 7.90. The number of nitrogens with zero attached hydrogens (tertiary/aromatic N) is 8. The van der Waals surface area contributed by atoms with Crippen molar-refractivity contribution in [1.82, 2.24) is 24.8 Å². The largest absolute Gasteiger partial charge is 0.451 e. The summed E-state index contributed by atoms with van der Waals surface area (Å²) in [5.74, 6) is 0.770. The van der Waals surface area contributed by atoms with E-state index in [-0.39, 0.29) is 35.4 Å². The first-order valence-corrected chi connectivity index (χ1v) is 16.4. The Morgan fingerprint density at radius 2 is 1.76 bits per heavy atom. The molecule has 4 atom stereocenters. The molecule has 7 rings (SSSR count). The highest BCUT2D eigenvalue weighted by molar-refractivity contribution is 5.87. The van der Waals surface area contributed by atoms with Crippen molar-refractivity contribution in [2.75, 3.05) is 80.3 Å². The summed E-state index contributed by atoms with van der Waals surface area (Å²) < 4.78 is 47.9. The quantitative estimate of drug-likeness (QED) is 0.439. The fraction of sp³-hybridized carbons (Fsp3) is 0.636. The summed E-state index contributed by atoms with van der Waals surface area (Å²) in [6, 6.07) is 3.94. The van der Waals surface area contributed by atoms with Gasteiger partial charge in [-0.15, -0.1) is 0 Å². The van der Waals surface area contributed by atoms with Gasteiger partial charge in [0.15, 0.2) is 0 Å². The molecule has 1 spiro atoms. The summed E-state index contributed by atoms with van der Waals surface area (Å²) >= 11 is 0. The second-order valence-electron chi connectivity index (χ2n) is 13.9.